The van der Waals surface area contributed by atoms with Crippen molar-refractivity contribution in [2.75, 3.05) is 12.3 Å². The fraction of sp³-hybridized carbons (Fsp3) is 0.500. The zero-order valence-corrected chi connectivity index (χ0v) is 11.8. The predicted octanol–water partition coefficient (Wildman–Crippen LogP) is 2.30. The quantitative estimate of drug-likeness (QED) is 0.650. The number of nitrogens with zero attached hydrogens (tertiary/aromatic N) is 1. The second-order valence-electron chi connectivity index (χ2n) is 4.90. The van der Waals surface area contributed by atoms with Crippen LogP contribution < -0.4 is 5.73 Å². The average Bonchev–Trinajstić information content (AvgIpc) is 2.35. The first-order chi connectivity index (χ1) is 8.58. The van der Waals surface area contributed by atoms with Crippen LogP contribution >= 0.6 is 11.8 Å². The first-order valence-corrected chi connectivity index (χ1v) is 7.42. The van der Waals surface area contributed by atoms with Crippen molar-refractivity contribution in [3.05, 3.63) is 35.4 Å². The van der Waals surface area contributed by atoms with Crippen molar-refractivity contribution in [2.24, 2.45) is 5.73 Å². The lowest BCUT2D eigenvalue weighted by molar-refractivity contribution is 0.204. The summed E-state index contributed by atoms with van der Waals surface area (Å²) < 4.78 is 0. The lowest BCUT2D eigenvalue weighted by Crippen LogP contribution is -2.43. The molecule has 4 heteroatoms. The molecule has 0 radical (unpaired) electrons. The van der Waals surface area contributed by atoms with Crippen LogP contribution in [0.25, 0.3) is 0 Å². The van der Waals surface area contributed by atoms with Crippen LogP contribution in [0.1, 0.15) is 25.0 Å². The third-order valence-electron chi connectivity index (χ3n) is 3.64. The number of nitrogen functional groups attached to an aromatic ring is 1. The maximum absolute atomic E-state index is 7.48. The molecular formula is C14H21N3S. The number of thioether (sulfide) groups is 1. The number of amidine groups is 1. The van der Waals surface area contributed by atoms with Gasteiger partial charge in [-0.1, -0.05) is 25.1 Å². The topological polar surface area (TPSA) is 53.1 Å². The van der Waals surface area contributed by atoms with Crippen molar-refractivity contribution in [3.8, 4) is 0 Å². The number of hydrogen-bond donors (Lipinski definition) is 2. The molecular weight excluding hydrogens is 242 g/mol. The van der Waals surface area contributed by atoms with Gasteiger partial charge >= 0.3 is 0 Å². The summed E-state index contributed by atoms with van der Waals surface area (Å²) in [4.78, 5) is 2.51. The second-order valence-corrected chi connectivity index (χ2v) is 6.39. The summed E-state index contributed by atoms with van der Waals surface area (Å²) in [5.74, 6) is 1.35. The Bertz CT molecular complexity index is 433. The summed E-state index contributed by atoms with van der Waals surface area (Å²) in [6.45, 7) is 6.69. The van der Waals surface area contributed by atoms with Crippen LogP contribution in [0.5, 0.6) is 0 Å². The molecule has 1 heterocycles. The molecule has 3 N–H and O–H groups in total. The minimum absolute atomic E-state index is 0.146. The molecule has 1 aromatic carbocycles. The van der Waals surface area contributed by atoms with Crippen molar-refractivity contribution in [1.82, 2.24) is 4.90 Å². The zero-order chi connectivity index (χ0) is 13.1. The van der Waals surface area contributed by atoms with Gasteiger partial charge in [-0.25, -0.2) is 0 Å². The molecule has 0 saturated carbocycles. The predicted molar refractivity (Wildman–Crippen MR) is 79.3 cm³/mol. The average molecular weight is 263 g/mol. The highest BCUT2D eigenvalue weighted by atomic mass is 32.2. The van der Waals surface area contributed by atoms with Crippen molar-refractivity contribution >= 4 is 17.6 Å². The molecule has 1 aliphatic heterocycles. The van der Waals surface area contributed by atoms with Gasteiger partial charge in [-0.2, -0.15) is 11.8 Å². The molecule has 1 aliphatic rings. The van der Waals surface area contributed by atoms with E-state index in [1.165, 1.54) is 11.3 Å². The van der Waals surface area contributed by atoms with Gasteiger partial charge in [0.05, 0.1) is 0 Å². The van der Waals surface area contributed by atoms with E-state index in [1.807, 2.05) is 18.2 Å². The number of benzene rings is 1. The van der Waals surface area contributed by atoms with E-state index in [-0.39, 0.29) is 5.84 Å². The Balaban J connectivity index is 2.08. The number of nitrogens with one attached hydrogen (secondary N) is 1. The number of rotatable bonds is 3. The normalized spacial score (nSPS) is 25.0. The molecule has 1 saturated heterocycles. The maximum Gasteiger partial charge on any atom is 0.122 e. The molecule has 0 spiro atoms. The van der Waals surface area contributed by atoms with Crippen molar-refractivity contribution in [2.45, 2.75) is 31.7 Å². The Morgan fingerprint density at radius 2 is 2.28 bits per heavy atom. The van der Waals surface area contributed by atoms with E-state index < -0.39 is 0 Å². The van der Waals surface area contributed by atoms with Gasteiger partial charge in [0, 0.05) is 35.7 Å². The summed E-state index contributed by atoms with van der Waals surface area (Å²) in [5.41, 5.74) is 7.59. The Labute approximate surface area is 113 Å². The fourth-order valence-corrected chi connectivity index (χ4v) is 3.45. The third kappa shape index (κ3) is 3.06. The maximum atomic E-state index is 7.48. The molecule has 2 rings (SSSR count). The first kappa shape index (κ1) is 13.4. The molecule has 0 amide bonds. The molecule has 1 aromatic rings. The van der Waals surface area contributed by atoms with Crippen molar-refractivity contribution in [3.63, 3.8) is 0 Å². The van der Waals surface area contributed by atoms with E-state index in [0.717, 1.165) is 18.7 Å². The standard InChI is InChI=1S/C14H21N3S/c1-10-11(2)18-7-6-17(10)9-12-4-3-5-13(8-12)14(15)16/h3-5,8,10-11H,6-7,9H2,1-2H3,(H3,15,16). The van der Waals surface area contributed by atoms with E-state index in [2.05, 4.69) is 36.6 Å². The van der Waals surface area contributed by atoms with Crippen molar-refractivity contribution < 1.29 is 0 Å². The van der Waals surface area contributed by atoms with Gasteiger partial charge in [0.15, 0.2) is 0 Å². The van der Waals surface area contributed by atoms with Crippen LogP contribution in [0.2, 0.25) is 0 Å². The molecule has 1 fully saturated rings. The highest BCUT2D eigenvalue weighted by Crippen LogP contribution is 2.25. The van der Waals surface area contributed by atoms with Crippen LogP contribution in [-0.2, 0) is 6.54 Å². The van der Waals surface area contributed by atoms with Gasteiger partial charge in [-0.15, -0.1) is 0 Å². The summed E-state index contributed by atoms with van der Waals surface area (Å²) in [7, 11) is 0. The van der Waals surface area contributed by atoms with Crippen LogP contribution in [0.15, 0.2) is 24.3 Å². The molecule has 2 unspecified atom stereocenters. The minimum atomic E-state index is 0.146. The van der Waals surface area contributed by atoms with Gasteiger partial charge in [0.2, 0.25) is 0 Å². The Hall–Kier alpha value is -1.00. The van der Waals surface area contributed by atoms with Crippen LogP contribution in [0.3, 0.4) is 0 Å². The van der Waals surface area contributed by atoms with Crippen LogP contribution in [0, 0.1) is 5.41 Å². The van der Waals surface area contributed by atoms with E-state index in [1.54, 1.807) is 0 Å². The monoisotopic (exact) mass is 263 g/mol. The lowest BCUT2D eigenvalue weighted by atomic mass is 10.1. The molecule has 0 aliphatic carbocycles. The Kier molecular flexibility index (Phi) is 4.30. The molecule has 0 aromatic heterocycles. The zero-order valence-electron chi connectivity index (χ0n) is 11.0. The van der Waals surface area contributed by atoms with E-state index >= 15 is 0 Å². The van der Waals surface area contributed by atoms with E-state index in [4.69, 9.17) is 11.1 Å². The van der Waals surface area contributed by atoms with Crippen molar-refractivity contribution in [1.29, 1.82) is 5.41 Å². The van der Waals surface area contributed by atoms with Gasteiger partial charge < -0.3 is 5.73 Å². The summed E-state index contributed by atoms with van der Waals surface area (Å²) in [5, 5.41) is 8.17. The number of hydrogen-bond acceptors (Lipinski definition) is 3. The highest BCUT2D eigenvalue weighted by Gasteiger charge is 2.24. The lowest BCUT2D eigenvalue weighted by Gasteiger charge is -2.37. The minimum Gasteiger partial charge on any atom is -0.384 e. The largest absolute Gasteiger partial charge is 0.384 e. The van der Waals surface area contributed by atoms with Crippen LogP contribution in [0.4, 0.5) is 0 Å². The van der Waals surface area contributed by atoms with Gasteiger partial charge in [-0.3, -0.25) is 10.3 Å². The third-order valence-corrected chi connectivity index (χ3v) is 4.98. The van der Waals surface area contributed by atoms with Gasteiger partial charge in [0.25, 0.3) is 0 Å². The van der Waals surface area contributed by atoms with Crippen LogP contribution in [-0.4, -0.2) is 34.3 Å². The molecule has 0 bridgehead atoms. The van der Waals surface area contributed by atoms with E-state index in [0.29, 0.717) is 11.3 Å². The molecule has 3 nitrogen and oxygen atoms in total. The molecule has 98 valence electrons. The van der Waals surface area contributed by atoms with Gasteiger partial charge in [0.1, 0.15) is 5.84 Å². The molecule has 2 atom stereocenters. The first-order valence-electron chi connectivity index (χ1n) is 6.37. The smallest absolute Gasteiger partial charge is 0.122 e. The Morgan fingerprint density at radius 3 is 3.00 bits per heavy atom. The van der Waals surface area contributed by atoms with E-state index in [9.17, 15) is 0 Å². The number of nitrogens with two attached hydrogens (primary N) is 1. The second kappa shape index (κ2) is 5.76. The molecule has 18 heavy (non-hydrogen) atoms. The SMILES string of the molecule is CC1SCCN(Cc2cccc(C(=N)N)c2)C1C. The summed E-state index contributed by atoms with van der Waals surface area (Å²) in [6, 6.07) is 8.63. The highest BCUT2D eigenvalue weighted by molar-refractivity contribution is 8.00. The van der Waals surface area contributed by atoms with Gasteiger partial charge in [-0.05, 0) is 18.6 Å². The fourth-order valence-electron chi connectivity index (χ4n) is 2.29. The summed E-state index contributed by atoms with van der Waals surface area (Å²) >= 11 is 2.05. The summed E-state index contributed by atoms with van der Waals surface area (Å²) in [6.07, 6.45) is 0. The Morgan fingerprint density at radius 1 is 1.50 bits per heavy atom.